The molecule has 0 unspecified atom stereocenters. The summed E-state index contributed by atoms with van der Waals surface area (Å²) in [7, 11) is 3.21. The summed E-state index contributed by atoms with van der Waals surface area (Å²) < 4.78 is 16.2. The topological polar surface area (TPSA) is 72.9 Å². The van der Waals surface area contributed by atoms with Gasteiger partial charge in [0.25, 0.3) is 5.91 Å². The Bertz CT molecular complexity index is 834. The Kier molecular flexibility index (Phi) is 6.36. The summed E-state index contributed by atoms with van der Waals surface area (Å²) >= 11 is 0. The number of nitrogens with one attached hydrogen (secondary N) is 1. The third-order valence-corrected chi connectivity index (χ3v) is 4.93. The van der Waals surface area contributed by atoms with E-state index in [2.05, 4.69) is 15.2 Å². The number of anilines is 1. The summed E-state index contributed by atoms with van der Waals surface area (Å²) in [5, 5.41) is 3.09. The zero-order valence-corrected chi connectivity index (χ0v) is 16.8. The van der Waals surface area contributed by atoms with Gasteiger partial charge < -0.3 is 24.4 Å². The first-order valence-corrected chi connectivity index (χ1v) is 9.36. The van der Waals surface area contributed by atoms with Crippen LogP contribution in [0.2, 0.25) is 0 Å². The van der Waals surface area contributed by atoms with Crippen LogP contribution >= 0.6 is 0 Å². The summed E-state index contributed by atoms with van der Waals surface area (Å²) in [4.78, 5) is 19.5. The van der Waals surface area contributed by atoms with Crippen LogP contribution in [-0.2, 0) is 4.74 Å². The molecule has 0 spiro atoms. The lowest BCUT2D eigenvalue weighted by Crippen LogP contribution is -2.38. The lowest BCUT2D eigenvalue weighted by Gasteiger charge is -2.29. The average Bonchev–Trinajstić information content (AvgIpc) is 2.73. The Morgan fingerprint density at radius 2 is 1.89 bits per heavy atom. The molecule has 1 aliphatic heterocycles. The first-order valence-electron chi connectivity index (χ1n) is 9.36. The van der Waals surface area contributed by atoms with Crippen molar-refractivity contribution < 1.29 is 19.0 Å². The van der Waals surface area contributed by atoms with Gasteiger partial charge in [-0.25, -0.2) is 4.98 Å². The first-order chi connectivity index (χ1) is 13.5. The van der Waals surface area contributed by atoms with Gasteiger partial charge in [0.1, 0.15) is 5.82 Å². The van der Waals surface area contributed by atoms with Crippen LogP contribution in [0.3, 0.4) is 0 Å². The van der Waals surface area contributed by atoms with Crippen molar-refractivity contribution >= 4 is 11.7 Å². The molecule has 1 saturated heterocycles. The summed E-state index contributed by atoms with van der Waals surface area (Å²) in [6, 6.07) is 7.21. The quantitative estimate of drug-likeness (QED) is 0.824. The van der Waals surface area contributed by atoms with Gasteiger partial charge >= 0.3 is 0 Å². The van der Waals surface area contributed by atoms with Crippen LogP contribution in [0.15, 0.2) is 30.5 Å². The van der Waals surface area contributed by atoms with E-state index in [-0.39, 0.29) is 11.9 Å². The van der Waals surface area contributed by atoms with Crippen LogP contribution in [0.1, 0.15) is 34.5 Å². The lowest BCUT2D eigenvalue weighted by atomic mass is 10.0. The van der Waals surface area contributed by atoms with Gasteiger partial charge in [0, 0.05) is 19.3 Å². The normalized spacial score (nSPS) is 15.1. The Hall–Kier alpha value is -2.80. The van der Waals surface area contributed by atoms with Crippen molar-refractivity contribution in [2.45, 2.75) is 19.9 Å². The van der Waals surface area contributed by atoms with Crippen LogP contribution in [0.5, 0.6) is 11.5 Å². The zero-order valence-electron chi connectivity index (χ0n) is 16.8. The molecule has 1 fully saturated rings. The second-order valence-corrected chi connectivity index (χ2v) is 6.73. The second-order valence-electron chi connectivity index (χ2n) is 6.73. The number of carbonyl (C=O) groups is 1. The Morgan fingerprint density at radius 1 is 1.21 bits per heavy atom. The Morgan fingerprint density at radius 3 is 2.57 bits per heavy atom. The van der Waals surface area contributed by atoms with Crippen LogP contribution in [-0.4, -0.2) is 51.4 Å². The number of morpholine rings is 1. The van der Waals surface area contributed by atoms with Gasteiger partial charge in [0.05, 0.1) is 39.0 Å². The van der Waals surface area contributed by atoms with Crippen LogP contribution < -0.4 is 19.7 Å². The molecule has 3 rings (SSSR count). The third kappa shape index (κ3) is 4.20. The predicted molar refractivity (Wildman–Crippen MR) is 107 cm³/mol. The lowest BCUT2D eigenvalue weighted by molar-refractivity contribution is 0.0938. The number of hydrogen-bond acceptors (Lipinski definition) is 6. The number of ether oxygens (including phenoxy) is 3. The maximum Gasteiger partial charge on any atom is 0.255 e. The molecule has 0 bridgehead atoms. The van der Waals surface area contributed by atoms with E-state index in [1.54, 1.807) is 32.5 Å². The van der Waals surface area contributed by atoms with Crippen LogP contribution in [0, 0.1) is 6.92 Å². The number of rotatable bonds is 6. The number of amides is 1. The second kappa shape index (κ2) is 8.93. The molecule has 2 heterocycles. The van der Waals surface area contributed by atoms with E-state index in [1.807, 2.05) is 26.0 Å². The fourth-order valence-electron chi connectivity index (χ4n) is 3.42. The average molecular weight is 385 g/mol. The number of aromatic nitrogens is 1. The molecule has 150 valence electrons. The number of nitrogens with zero attached hydrogens (tertiary/aromatic N) is 2. The maximum absolute atomic E-state index is 13.0. The number of pyridine rings is 1. The third-order valence-electron chi connectivity index (χ3n) is 4.93. The van der Waals surface area contributed by atoms with Crippen molar-refractivity contribution in [3.63, 3.8) is 0 Å². The van der Waals surface area contributed by atoms with E-state index in [1.165, 1.54) is 0 Å². The molecule has 0 radical (unpaired) electrons. The van der Waals surface area contributed by atoms with Crippen molar-refractivity contribution in [3.05, 3.63) is 47.2 Å². The monoisotopic (exact) mass is 385 g/mol. The molecule has 2 aromatic rings. The molecule has 1 amide bonds. The van der Waals surface area contributed by atoms with Crippen LogP contribution in [0.4, 0.5) is 5.82 Å². The molecule has 0 saturated carbocycles. The molecule has 1 aromatic carbocycles. The summed E-state index contributed by atoms with van der Waals surface area (Å²) in [6.45, 7) is 6.67. The largest absolute Gasteiger partial charge is 0.493 e. The van der Waals surface area contributed by atoms with E-state index in [0.29, 0.717) is 36.1 Å². The van der Waals surface area contributed by atoms with Crippen molar-refractivity contribution in [1.29, 1.82) is 0 Å². The predicted octanol–water partition coefficient (Wildman–Crippen LogP) is 2.73. The number of hydrogen-bond donors (Lipinski definition) is 1. The van der Waals surface area contributed by atoms with E-state index < -0.39 is 0 Å². The first kappa shape index (κ1) is 19.9. The standard InChI is InChI=1S/C21H27N3O4/c1-14-12-18(26-3)19(27-4)13-17(14)15(2)23-21(25)16-6-5-7-22-20(16)24-8-10-28-11-9-24/h5-7,12-13,15H,8-11H2,1-4H3,(H,23,25)/t15-/m1/s1. The summed E-state index contributed by atoms with van der Waals surface area (Å²) in [5.74, 6) is 1.85. The molecule has 28 heavy (non-hydrogen) atoms. The highest BCUT2D eigenvalue weighted by atomic mass is 16.5. The van der Waals surface area contributed by atoms with Gasteiger partial charge in [0.15, 0.2) is 11.5 Å². The van der Waals surface area contributed by atoms with Gasteiger partial charge in [-0.05, 0) is 49.2 Å². The fourth-order valence-corrected chi connectivity index (χ4v) is 3.42. The van der Waals surface area contributed by atoms with Crippen molar-refractivity contribution in [1.82, 2.24) is 10.3 Å². The van der Waals surface area contributed by atoms with E-state index in [9.17, 15) is 4.79 Å². The molecular formula is C21H27N3O4. The summed E-state index contributed by atoms with van der Waals surface area (Å²) in [5.41, 5.74) is 2.56. The van der Waals surface area contributed by atoms with Crippen molar-refractivity contribution in [2.75, 3.05) is 45.4 Å². The molecule has 1 N–H and O–H groups in total. The number of methoxy groups -OCH3 is 2. The van der Waals surface area contributed by atoms with E-state index in [0.717, 1.165) is 24.2 Å². The molecule has 7 heteroatoms. The SMILES string of the molecule is COc1cc(C)c([C@@H](C)NC(=O)c2cccnc2N2CCOCC2)cc1OC. The van der Waals surface area contributed by atoms with Crippen molar-refractivity contribution in [2.24, 2.45) is 0 Å². The zero-order chi connectivity index (χ0) is 20.1. The highest BCUT2D eigenvalue weighted by Gasteiger charge is 2.22. The maximum atomic E-state index is 13.0. The molecule has 1 atom stereocenters. The van der Waals surface area contributed by atoms with Gasteiger partial charge in [-0.1, -0.05) is 0 Å². The Balaban J connectivity index is 1.82. The molecule has 7 nitrogen and oxygen atoms in total. The fraction of sp³-hybridized carbons (Fsp3) is 0.429. The van der Waals surface area contributed by atoms with Gasteiger partial charge in [-0.2, -0.15) is 0 Å². The molecule has 1 aliphatic rings. The van der Waals surface area contributed by atoms with E-state index >= 15 is 0 Å². The van der Waals surface area contributed by atoms with Gasteiger partial charge in [0.2, 0.25) is 0 Å². The Labute approximate surface area is 165 Å². The summed E-state index contributed by atoms with van der Waals surface area (Å²) in [6.07, 6.45) is 1.71. The van der Waals surface area contributed by atoms with Gasteiger partial charge in [-0.3, -0.25) is 4.79 Å². The smallest absolute Gasteiger partial charge is 0.255 e. The highest BCUT2D eigenvalue weighted by molar-refractivity contribution is 5.99. The molecule has 0 aliphatic carbocycles. The minimum Gasteiger partial charge on any atom is -0.493 e. The minimum atomic E-state index is -0.204. The number of carbonyl (C=O) groups excluding carboxylic acids is 1. The van der Waals surface area contributed by atoms with Gasteiger partial charge in [-0.15, -0.1) is 0 Å². The number of aryl methyl sites for hydroxylation is 1. The number of benzene rings is 1. The van der Waals surface area contributed by atoms with Crippen LogP contribution in [0.25, 0.3) is 0 Å². The van der Waals surface area contributed by atoms with E-state index in [4.69, 9.17) is 14.2 Å². The minimum absolute atomic E-state index is 0.156. The van der Waals surface area contributed by atoms with Crippen molar-refractivity contribution in [3.8, 4) is 11.5 Å². The highest BCUT2D eigenvalue weighted by Crippen LogP contribution is 2.33. The molecular weight excluding hydrogens is 358 g/mol. The molecule has 1 aromatic heterocycles.